The van der Waals surface area contributed by atoms with Gasteiger partial charge in [-0.25, -0.2) is 13.1 Å². The number of benzene rings is 1. The summed E-state index contributed by atoms with van der Waals surface area (Å²) in [5.74, 6) is -0.368. The highest BCUT2D eigenvalue weighted by atomic mass is 32.2. The number of hydrogen-bond donors (Lipinski definition) is 3. The number of pyridine rings is 1. The largest absolute Gasteiger partial charge is 0.407 e. The Morgan fingerprint density at radius 3 is 2.53 bits per heavy atom. The van der Waals surface area contributed by atoms with Gasteiger partial charge in [-0.05, 0) is 61.4 Å². The predicted octanol–water partition coefficient (Wildman–Crippen LogP) is 3.96. The molecule has 12 heteroatoms. The topological polar surface area (TPSA) is 116 Å². The van der Waals surface area contributed by atoms with E-state index < -0.39 is 22.7 Å². The first-order valence-electron chi connectivity index (χ1n) is 11.5. The maximum atomic E-state index is 12.8. The van der Waals surface area contributed by atoms with Gasteiger partial charge in [0.15, 0.2) is 0 Å². The van der Waals surface area contributed by atoms with Crippen molar-refractivity contribution < 1.29 is 26.4 Å². The molecule has 2 aromatic heterocycles. The number of nitrogens with zero attached hydrogens (tertiary/aromatic N) is 2. The average Bonchev–Trinajstić information content (AvgIpc) is 3.27. The van der Waals surface area contributed by atoms with Crippen molar-refractivity contribution in [2.24, 2.45) is 10.9 Å². The third kappa shape index (κ3) is 6.91. The van der Waals surface area contributed by atoms with Crippen molar-refractivity contribution in [3.05, 3.63) is 60.0 Å². The first-order chi connectivity index (χ1) is 17.1. The van der Waals surface area contributed by atoms with Crippen LogP contribution >= 0.6 is 0 Å². The number of halogens is 3. The smallest absolute Gasteiger partial charge is 0.350 e. The van der Waals surface area contributed by atoms with Gasteiger partial charge >= 0.3 is 6.18 Å². The number of sulfonamides is 1. The summed E-state index contributed by atoms with van der Waals surface area (Å²) < 4.78 is 64.9. The first kappa shape index (κ1) is 25.8. The summed E-state index contributed by atoms with van der Waals surface area (Å²) in [6.45, 7) is -0.972. The number of aromatic nitrogens is 2. The fourth-order valence-corrected chi connectivity index (χ4v) is 5.44. The number of carbonyl (C=O) groups excluding carboxylic acids is 1. The summed E-state index contributed by atoms with van der Waals surface area (Å²) in [6.07, 6.45) is 2.50. The number of nitrogens with one attached hydrogen (secondary N) is 3. The van der Waals surface area contributed by atoms with Crippen LogP contribution in [0.3, 0.4) is 0 Å². The van der Waals surface area contributed by atoms with E-state index in [1.165, 1.54) is 18.3 Å². The van der Waals surface area contributed by atoms with Crippen molar-refractivity contribution in [3.8, 4) is 0 Å². The number of alkyl halides is 3. The van der Waals surface area contributed by atoms with Gasteiger partial charge in [-0.15, -0.1) is 0 Å². The molecule has 192 valence electrons. The molecule has 1 amide bonds. The lowest BCUT2D eigenvalue weighted by atomic mass is 9.87. The number of aliphatic imine (C=N–C) groups is 1. The van der Waals surface area contributed by atoms with E-state index >= 15 is 0 Å². The monoisotopic (exact) mass is 521 g/mol. The third-order valence-corrected chi connectivity index (χ3v) is 7.57. The zero-order valence-corrected chi connectivity index (χ0v) is 20.1. The van der Waals surface area contributed by atoms with E-state index in [-0.39, 0.29) is 29.3 Å². The molecule has 0 atom stereocenters. The number of rotatable bonds is 8. The Kier molecular flexibility index (Phi) is 7.74. The zero-order chi connectivity index (χ0) is 25.8. The van der Waals surface area contributed by atoms with Crippen LogP contribution in [0, 0.1) is 5.92 Å². The van der Waals surface area contributed by atoms with Gasteiger partial charge in [0.1, 0.15) is 12.2 Å². The van der Waals surface area contributed by atoms with Crippen molar-refractivity contribution in [2.75, 3.05) is 6.54 Å². The fraction of sp³-hybridized carbons (Fsp3) is 0.375. The highest BCUT2D eigenvalue weighted by Gasteiger charge is 2.27. The molecule has 2 heterocycles. The lowest BCUT2D eigenvalue weighted by Gasteiger charge is -2.27. The summed E-state index contributed by atoms with van der Waals surface area (Å²) in [4.78, 5) is 23.0. The standard InChI is InChI=1S/C24H26F3N5O3S/c25-24(26,27)15-29-12-16-1-5-19(6-2-16)32-36(34,35)20-7-3-17(4-8-20)13-30-23(33)22-11-18-14-28-10-9-21(18)31-22/h3-4,7-12,14,16,19,31-32H,1-2,5-6,13,15H2,(H,30,33). The Hall–Kier alpha value is -3.25. The Morgan fingerprint density at radius 2 is 1.86 bits per heavy atom. The molecule has 0 bridgehead atoms. The summed E-state index contributed by atoms with van der Waals surface area (Å²) in [5.41, 5.74) is 1.95. The van der Waals surface area contributed by atoms with Crippen LogP contribution in [0.25, 0.3) is 10.9 Å². The second-order valence-electron chi connectivity index (χ2n) is 8.81. The van der Waals surface area contributed by atoms with Gasteiger partial charge in [-0.1, -0.05) is 12.1 Å². The van der Waals surface area contributed by atoms with E-state index in [0.717, 1.165) is 16.5 Å². The minimum atomic E-state index is -4.32. The average molecular weight is 522 g/mol. The van der Waals surface area contributed by atoms with Gasteiger partial charge in [-0.2, -0.15) is 13.2 Å². The lowest BCUT2D eigenvalue weighted by molar-refractivity contribution is -0.118. The predicted molar refractivity (Wildman–Crippen MR) is 129 cm³/mol. The molecule has 0 aliphatic heterocycles. The molecule has 0 spiro atoms. The molecular formula is C24H26F3N5O3S. The normalized spacial score (nSPS) is 19.1. The highest BCUT2D eigenvalue weighted by molar-refractivity contribution is 7.89. The number of carbonyl (C=O) groups is 1. The number of hydrogen-bond acceptors (Lipinski definition) is 5. The van der Waals surface area contributed by atoms with Gasteiger partial charge in [0.05, 0.1) is 4.90 Å². The maximum absolute atomic E-state index is 12.8. The molecule has 1 aliphatic rings. The van der Waals surface area contributed by atoms with Crippen LogP contribution in [-0.4, -0.2) is 49.3 Å². The molecule has 36 heavy (non-hydrogen) atoms. The molecule has 1 aliphatic carbocycles. The molecule has 8 nitrogen and oxygen atoms in total. The zero-order valence-electron chi connectivity index (χ0n) is 19.3. The van der Waals surface area contributed by atoms with Crippen molar-refractivity contribution in [1.29, 1.82) is 0 Å². The van der Waals surface area contributed by atoms with Crippen LogP contribution in [0.5, 0.6) is 0 Å². The van der Waals surface area contributed by atoms with E-state index in [1.807, 2.05) is 0 Å². The Morgan fingerprint density at radius 1 is 1.14 bits per heavy atom. The molecule has 0 radical (unpaired) electrons. The van der Waals surface area contributed by atoms with Crippen LogP contribution in [0.15, 0.2) is 58.7 Å². The van der Waals surface area contributed by atoms with Gasteiger partial charge in [0, 0.05) is 42.1 Å². The molecule has 1 saturated carbocycles. The van der Waals surface area contributed by atoms with E-state index in [4.69, 9.17) is 0 Å². The Bertz CT molecular complexity index is 1300. The van der Waals surface area contributed by atoms with Crippen molar-refractivity contribution in [2.45, 2.75) is 49.3 Å². The van der Waals surface area contributed by atoms with Gasteiger partial charge in [0.25, 0.3) is 5.91 Å². The van der Waals surface area contributed by atoms with Crippen LogP contribution in [0.2, 0.25) is 0 Å². The molecule has 3 aromatic rings. The lowest BCUT2D eigenvalue weighted by Crippen LogP contribution is -2.37. The number of H-pyrrole nitrogens is 1. The van der Waals surface area contributed by atoms with Crippen molar-refractivity contribution in [3.63, 3.8) is 0 Å². The molecule has 1 fully saturated rings. The van der Waals surface area contributed by atoms with Gasteiger partial charge in [-0.3, -0.25) is 14.8 Å². The molecule has 3 N–H and O–H groups in total. The summed E-state index contributed by atoms with van der Waals surface area (Å²) in [6, 6.07) is 9.44. The minimum Gasteiger partial charge on any atom is -0.350 e. The van der Waals surface area contributed by atoms with Crippen LogP contribution in [0.4, 0.5) is 13.2 Å². The van der Waals surface area contributed by atoms with Crippen molar-refractivity contribution in [1.82, 2.24) is 20.0 Å². The second kappa shape index (κ2) is 10.8. The van der Waals surface area contributed by atoms with Crippen LogP contribution < -0.4 is 10.0 Å². The quantitative estimate of drug-likeness (QED) is 0.389. The van der Waals surface area contributed by atoms with Gasteiger partial charge in [0.2, 0.25) is 10.0 Å². The number of amides is 1. The Labute approximate surface area is 206 Å². The first-order valence-corrected chi connectivity index (χ1v) is 13.0. The van der Waals surface area contributed by atoms with Gasteiger partial charge < -0.3 is 10.3 Å². The molecule has 0 saturated heterocycles. The number of aromatic amines is 1. The van der Waals surface area contributed by atoms with E-state index in [0.29, 0.717) is 31.4 Å². The minimum absolute atomic E-state index is 0.0800. The molecule has 1 aromatic carbocycles. The summed E-state index contributed by atoms with van der Waals surface area (Å²) in [5, 5.41) is 3.62. The third-order valence-electron chi connectivity index (χ3n) is 6.03. The van der Waals surface area contributed by atoms with Crippen LogP contribution in [0.1, 0.15) is 41.7 Å². The van der Waals surface area contributed by atoms with E-state index in [1.54, 1.807) is 36.7 Å². The molecule has 0 unspecified atom stereocenters. The Balaban J connectivity index is 1.26. The number of fused-ring (bicyclic) bond motifs is 1. The van der Waals surface area contributed by atoms with Crippen molar-refractivity contribution >= 4 is 33.0 Å². The maximum Gasteiger partial charge on any atom is 0.407 e. The molecular weight excluding hydrogens is 495 g/mol. The highest BCUT2D eigenvalue weighted by Crippen LogP contribution is 2.25. The van der Waals surface area contributed by atoms with E-state index in [2.05, 4.69) is 25.0 Å². The SMILES string of the molecule is O=C(NCc1ccc(S(=O)(=O)NC2CCC(C=NCC(F)(F)F)CC2)cc1)c1cc2cnccc2[nH]1. The second-order valence-corrected chi connectivity index (χ2v) is 10.5. The summed E-state index contributed by atoms with van der Waals surface area (Å²) >= 11 is 0. The fourth-order valence-electron chi connectivity index (χ4n) is 4.14. The molecule has 4 rings (SSSR count). The van der Waals surface area contributed by atoms with E-state index in [9.17, 15) is 26.4 Å². The van der Waals surface area contributed by atoms with Crippen LogP contribution in [-0.2, 0) is 16.6 Å². The summed E-state index contributed by atoms with van der Waals surface area (Å²) in [7, 11) is -3.75.